The highest BCUT2D eigenvalue weighted by Crippen LogP contribution is 2.30. The quantitative estimate of drug-likeness (QED) is 0.731. The summed E-state index contributed by atoms with van der Waals surface area (Å²) in [7, 11) is 0. The van der Waals surface area contributed by atoms with Crippen LogP contribution in [0.5, 0.6) is 0 Å². The van der Waals surface area contributed by atoms with E-state index in [1.807, 2.05) is 13.0 Å². The van der Waals surface area contributed by atoms with Gasteiger partial charge in [0.1, 0.15) is 10.6 Å². The predicted molar refractivity (Wildman–Crippen MR) is 69.3 cm³/mol. The van der Waals surface area contributed by atoms with E-state index in [0.717, 1.165) is 15.1 Å². The Labute approximate surface area is 106 Å². The zero-order chi connectivity index (χ0) is 12.0. The second kappa shape index (κ2) is 3.72. The number of thiophene rings is 1. The molecule has 3 rings (SSSR count). The molecule has 6 heteroatoms. The van der Waals surface area contributed by atoms with Crippen LogP contribution in [0.3, 0.4) is 0 Å². The van der Waals surface area contributed by atoms with Gasteiger partial charge in [0.05, 0.1) is 5.39 Å². The minimum atomic E-state index is 0.310. The van der Waals surface area contributed by atoms with Crippen molar-refractivity contribution >= 4 is 39.0 Å². The van der Waals surface area contributed by atoms with Crippen molar-refractivity contribution in [2.24, 2.45) is 0 Å². The van der Waals surface area contributed by atoms with Crippen molar-refractivity contribution in [2.75, 3.05) is 5.73 Å². The maximum Gasteiger partial charge on any atom is 0.199 e. The highest BCUT2D eigenvalue weighted by molar-refractivity contribution is 7.18. The minimum absolute atomic E-state index is 0.310. The van der Waals surface area contributed by atoms with Gasteiger partial charge in [-0.15, -0.1) is 11.3 Å². The molecule has 0 atom stereocenters. The van der Waals surface area contributed by atoms with Gasteiger partial charge in [-0.1, -0.05) is 0 Å². The van der Waals surface area contributed by atoms with E-state index in [2.05, 4.69) is 9.97 Å². The van der Waals surface area contributed by atoms with Crippen molar-refractivity contribution in [1.29, 1.82) is 0 Å². The summed E-state index contributed by atoms with van der Waals surface area (Å²) in [4.78, 5) is 10.6. The van der Waals surface area contributed by atoms with Crippen LogP contribution in [-0.4, -0.2) is 9.97 Å². The highest BCUT2D eigenvalue weighted by atomic mass is 35.5. The van der Waals surface area contributed by atoms with E-state index in [-0.39, 0.29) is 0 Å². The van der Waals surface area contributed by atoms with Gasteiger partial charge in [-0.05, 0) is 36.7 Å². The molecule has 0 aliphatic rings. The predicted octanol–water partition coefficient (Wildman–Crippen LogP) is 3.50. The molecule has 86 valence electrons. The Morgan fingerprint density at radius 1 is 1.35 bits per heavy atom. The maximum absolute atomic E-state index is 5.90. The summed E-state index contributed by atoms with van der Waals surface area (Å²) in [6.07, 6.45) is 0. The van der Waals surface area contributed by atoms with Gasteiger partial charge in [0.2, 0.25) is 0 Å². The molecular weight excluding hydrogens is 258 g/mol. The molecule has 0 spiro atoms. The zero-order valence-electron chi connectivity index (χ0n) is 8.90. The average Bonchev–Trinajstić information content (AvgIpc) is 2.83. The van der Waals surface area contributed by atoms with Crippen molar-refractivity contribution in [2.45, 2.75) is 6.92 Å². The number of nitrogen functional groups attached to an aromatic ring is 1. The fourth-order valence-corrected chi connectivity index (χ4v) is 2.64. The smallest absolute Gasteiger partial charge is 0.199 e. The number of aryl methyl sites for hydroxylation is 1. The molecule has 0 aromatic carbocycles. The van der Waals surface area contributed by atoms with Crippen LogP contribution < -0.4 is 5.73 Å². The first-order chi connectivity index (χ1) is 8.13. The Bertz CT molecular complexity index is 704. The number of rotatable bonds is 1. The number of nitrogens with two attached hydrogens (primary N) is 1. The molecule has 3 aromatic rings. The lowest BCUT2D eigenvalue weighted by Crippen LogP contribution is -1.95. The summed E-state index contributed by atoms with van der Waals surface area (Å²) < 4.78 is 5.27. The molecule has 0 aliphatic carbocycles. The van der Waals surface area contributed by atoms with Gasteiger partial charge in [-0.2, -0.15) is 0 Å². The Morgan fingerprint density at radius 2 is 2.18 bits per heavy atom. The number of halogens is 1. The number of hydrogen-bond donors (Lipinski definition) is 1. The largest absolute Gasteiger partial charge is 0.441 e. The third-order valence-corrected chi connectivity index (χ3v) is 3.49. The third kappa shape index (κ3) is 1.77. The van der Waals surface area contributed by atoms with Crippen LogP contribution >= 0.6 is 22.9 Å². The Balaban J connectivity index is 2.24. The van der Waals surface area contributed by atoms with Crippen LogP contribution in [0.15, 0.2) is 22.6 Å². The van der Waals surface area contributed by atoms with Gasteiger partial charge in [0.15, 0.2) is 16.8 Å². The van der Waals surface area contributed by atoms with Gasteiger partial charge >= 0.3 is 0 Å². The van der Waals surface area contributed by atoms with E-state index in [1.165, 1.54) is 0 Å². The second-order valence-corrected chi connectivity index (χ2v) is 5.22. The molecule has 0 aliphatic heterocycles. The number of nitrogens with zero attached hydrogens (tertiary/aromatic N) is 2. The van der Waals surface area contributed by atoms with E-state index < -0.39 is 0 Å². The lowest BCUT2D eigenvalue weighted by atomic mass is 10.3. The molecule has 0 radical (unpaired) electrons. The van der Waals surface area contributed by atoms with E-state index in [9.17, 15) is 0 Å². The fraction of sp³-hybridized carbons (Fsp3) is 0.0909. The minimum Gasteiger partial charge on any atom is -0.441 e. The van der Waals surface area contributed by atoms with E-state index >= 15 is 0 Å². The molecule has 4 nitrogen and oxygen atoms in total. The van der Waals surface area contributed by atoms with Crippen molar-refractivity contribution in [1.82, 2.24) is 9.97 Å². The normalized spacial score (nSPS) is 11.2. The number of hydrogen-bond acceptors (Lipinski definition) is 5. The number of furan rings is 1. The van der Waals surface area contributed by atoms with Crippen LogP contribution in [0.25, 0.3) is 21.8 Å². The average molecular weight is 266 g/mol. The molecule has 0 amide bonds. The van der Waals surface area contributed by atoms with Gasteiger partial charge in [-0.3, -0.25) is 0 Å². The fourth-order valence-electron chi connectivity index (χ4n) is 1.61. The van der Waals surface area contributed by atoms with E-state index in [4.69, 9.17) is 21.8 Å². The number of aromatic nitrogens is 2. The monoisotopic (exact) mass is 265 g/mol. The molecule has 3 heterocycles. The second-order valence-electron chi connectivity index (χ2n) is 3.61. The topological polar surface area (TPSA) is 64.9 Å². The number of fused-ring (bicyclic) bond motifs is 1. The Hall–Kier alpha value is -1.59. The lowest BCUT2D eigenvalue weighted by molar-refractivity contribution is 0.580. The molecule has 0 saturated carbocycles. The Morgan fingerprint density at radius 3 is 2.88 bits per heavy atom. The summed E-state index contributed by atoms with van der Waals surface area (Å²) in [6, 6.07) is 5.36. The molecule has 0 saturated heterocycles. The van der Waals surface area contributed by atoms with Gasteiger partial charge in [0, 0.05) is 4.88 Å². The molecule has 17 heavy (non-hydrogen) atoms. The number of anilines is 1. The van der Waals surface area contributed by atoms with E-state index in [1.54, 1.807) is 23.5 Å². The molecule has 0 unspecified atom stereocenters. The first-order valence-corrected chi connectivity index (χ1v) is 6.12. The first-order valence-electron chi connectivity index (χ1n) is 4.93. The van der Waals surface area contributed by atoms with Crippen molar-refractivity contribution in [3.63, 3.8) is 0 Å². The molecule has 0 fully saturated rings. The first kappa shape index (κ1) is 10.6. The third-order valence-electron chi connectivity index (χ3n) is 2.34. The van der Waals surface area contributed by atoms with Crippen molar-refractivity contribution in [3.05, 3.63) is 28.3 Å². The van der Waals surface area contributed by atoms with Crippen LogP contribution in [-0.2, 0) is 0 Å². The summed E-state index contributed by atoms with van der Waals surface area (Å²) in [5.41, 5.74) is 5.90. The summed E-state index contributed by atoms with van der Waals surface area (Å²) in [5.74, 6) is 1.44. The molecule has 3 aromatic heterocycles. The molecular formula is C11H8ClN3OS. The van der Waals surface area contributed by atoms with Gasteiger partial charge < -0.3 is 10.2 Å². The van der Waals surface area contributed by atoms with Crippen LogP contribution in [0.4, 0.5) is 5.82 Å². The standard InChI is InChI=1S/C11H8ClN3OS/c1-5-4-6-9(13)14-10(15-11(6)17-5)7-2-3-8(12)16-7/h2-4H,1H3,(H2,13,14,15). The van der Waals surface area contributed by atoms with Crippen molar-refractivity contribution in [3.8, 4) is 11.6 Å². The van der Waals surface area contributed by atoms with Gasteiger partial charge in [0.25, 0.3) is 0 Å². The van der Waals surface area contributed by atoms with E-state index in [0.29, 0.717) is 22.6 Å². The van der Waals surface area contributed by atoms with Crippen LogP contribution in [0.1, 0.15) is 4.88 Å². The van der Waals surface area contributed by atoms with Crippen molar-refractivity contribution < 1.29 is 4.42 Å². The maximum atomic E-state index is 5.90. The van der Waals surface area contributed by atoms with Crippen LogP contribution in [0.2, 0.25) is 5.22 Å². The van der Waals surface area contributed by atoms with Gasteiger partial charge in [-0.25, -0.2) is 9.97 Å². The van der Waals surface area contributed by atoms with Crippen LogP contribution in [0, 0.1) is 6.92 Å². The summed E-state index contributed by atoms with van der Waals surface area (Å²) >= 11 is 7.30. The SMILES string of the molecule is Cc1cc2c(N)nc(-c3ccc(Cl)o3)nc2s1. The summed E-state index contributed by atoms with van der Waals surface area (Å²) in [6.45, 7) is 2.01. The highest BCUT2D eigenvalue weighted by Gasteiger charge is 2.12. The molecule has 2 N–H and O–H groups in total. The Kier molecular flexibility index (Phi) is 2.31. The summed E-state index contributed by atoms with van der Waals surface area (Å²) in [5, 5.41) is 1.19. The zero-order valence-corrected chi connectivity index (χ0v) is 10.5. The molecule has 0 bridgehead atoms. The lowest BCUT2D eigenvalue weighted by Gasteiger charge is -1.98.